The molecule has 1 N–H and O–H groups in total. The Kier molecular flexibility index (Phi) is 2.99. The molecule has 0 atom stereocenters. The Morgan fingerprint density at radius 1 is 1.25 bits per heavy atom. The van der Waals surface area contributed by atoms with Crippen molar-refractivity contribution in [2.24, 2.45) is 0 Å². The van der Waals surface area contributed by atoms with E-state index in [9.17, 15) is 9.59 Å². The second-order valence-corrected chi connectivity index (χ2v) is 5.73. The van der Waals surface area contributed by atoms with Crippen LogP contribution in [0.5, 0.6) is 0 Å². The SMILES string of the molecule is Cc1n[nH]nc1C(=O)N1CCC2(CCC(=O)N2C)CC1. The van der Waals surface area contributed by atoms with Crippen LogP contribution in [0.1, 0.15) is 41.9 Å². The molecule has 1 aromatic heterocycles. The first-order chi connectivity index (χ1) is 9.53. The van der Waals surface area contributed by atoms with E-state index in [1.807, 2.05) is 16.8 Å². The Balaban J connectivity index is 1.69. The highest BCUT2D eigenvalue weighted by Gasteiger charge is 2.45. The maximum Gasteiger partial charge on any atom is 0.276 e. The Hall–Kier alpha value is -1.92. The fraction of sp³-hybridized carbons (Fsp3) is 0.692. The van der Waals surface area contributed by atoms with Gasteiger partial charge in [-0.1, -0.05) is 0 Å². The molecule has 108 valence electrons. The summed E-state index contributed by atoms with van der Waals surface area (Å²) in [6.07, 6.45) is 3.23. The molecular weight excluding hydrogens is 258 g/mol. The van der Waals surface area contributed by atoms with E-state index in [1.54, 1.807) is 6.92 Å². The fourth-order valence-electron chi connectivity index (χ4n) is 3.29. The number of carbonyl (C=O) groups excluding carboxylic acids is 2. The number of aryl methyl sites for hydroxylation is 1. The second-order valence-electron chi connectivity index (χ2n) is 5.73. The van der Waals surface area contributed by atoms with E-state index in [2.05, 4.69) is 15.4 Å². The van der Waals surface area contributed by atoms with Crippen LogP contribution in [0.2, 0.25) is 0 Å². The molecule has 0 aliphatic carbocycles. The van der Waals surface area contributed by atoms with Crippen molar-refractivity contribution in [3.05, 3.63) is 11.4 Å². The summed E-state index contributed by atoms with van der Waals surface area (Å²) in [5.41, 5.74) is 0.993. The minimum Gasteiger partial charge on any atom is -0.340 e. The first-order valence-corrected chi connectivity index (χ1v) is 6.97. The van der Waals surface area contributed by atoms with Crippen molar-refractivity contribution in [1.82, 2.24) is 25.2 Å². The number of hydrogen-bond donors (Lipinski definition) is 1. The van der Waals surface area contributed by atoms with E-state index < -0.39 is 0 Å². The molecule has 2 aliphatic heterocycles. The number of nitrogens with one attached hydrogen (secondary N) is 1. The van der Waals surface area contributed by atoms with Crippen LogP contribution < -0.4 is 0 Å². The third-order valence-corrected chi connectivity index (χ3v) is 4.80. The molecule has 2 amide bonds. The van der Waals surface area contributed by atoms with Gasteiger partial charge in [-0.05, 0) is 26.2 Å². The molecule has 3 rings (SSSR count). The number of carbonyl (C=O) groups is 2. The zero-order chi connectivity index (χ0) is 14.3. The zero-order valence-electron chi connectivity index (χ0n) is 11.8. The first kappa shape index (κ1) is 13.1. The molecule has 0 aromatic carbocycles. The summed E-state index contributed by atoms with van der Waals surface area (Å²) in [5, 5.41) is 10.3. The summed E-state index contributed by atoms with van der Waals surface area (Å²) < 4.78 is 0. The lowest BCUT2D eigenvalue weighted by atomic mass is 9.85. The lowest BCUT2D eigenvalue weighted by Crippen LogP contribution is -2.52. The van der Waals surface area contributed by atoms with Gasteiger partial charge in [0.15, 0.2) is 5.69 Å². The van der Waals surface area contributed by atoms with E-state index in [-0.39, 0.29) is 17.4 Å². The number of amides is 2. The van der Waals surface area contributed by atoms with Gasteiger partial charge in [-0.25, -0.2) is 0 Å². The van der Waals surface area contributed by atoms with Gasteiger partial charge in [0.05, 0.1) is 5.69 Å². The third-order valence-electron chi connectivity index (χ3n) is 4.80. The lowest BCUT2D eigenvalue weighted by Gasteiger charge is -2.43. The summed E-state index contributed by atoms with van der Waals surface area (Å²) in [7, 11) is 1.88. The standard InChI is InChI=1S/C13H19N5O2/c1-9-11(15-16-14-9)12(20)18-7-5-13(6-8-18)4-3-10(19)17(13)2/h3-8H2,1-2H3,(H,14,15,16). The van der Waals surface area contributed by atoms with Gasteiger partial charge in [0.1, 0.15) is 0 Å². The van der Waals surface area contributed by atoms with Crippen molar-refractivity contribution in [3.63, 3.8) is 0 Å². The van der Waals surface area contributed by atoms with Crippen molar-refractivity contribution < 1.29 is 9.59 Å². The highest BCUT2D eigenvalue weighted by Crippen LogP contribution is 2.38. The summed E-state index contributed by atoms with van der Waals surface area (Å²) in [6, 6.07) is 0. The molecule has 3 heterocycles. The predicted octanol–water partition coefficient (Wildman–Crippen LogP) is 0.340. The summed E-state index contributed by atoms with van der Waals surface area (Å²) in [5.74, 6) is 0.148. The highest BCUT2D eigenvalue weighted by molar-refractivity contribution is 5.93. The number of aromatic nitrogens is 3. The maximum absolute atomic E-state index is 12.4. The monoisotopic (exact) mass is 277 g/mol. The number of aromatic amines is 1. The molecule has 7 nitrogen and oxygen atoms in total. The number of likely N-dealkylation sites (tertiary alicyclic amines) is 2. The minimum atomic E-state index is -0.0712. The molecule has 20 heavy (non-hydrogen) atoms. The maximum atomic E-state index is 12.4. The number of nitrogens with zero attached hydrogens (tertiary/aromatic N) is 4. The molecule has 1 aromatic rings. The Bertz CT molecular complexity index is 545. The molecule has 1 spiro atoms. The molecule has 7 heteroatoms. The van der Waals surface area contributed by atoms with E-state index in [0.717, 1.165) is 19.3 Å². The van der Waals surface area contributed by atoms with E-state index in [4.69, 9.17) is 0 Å². The fourth-order valence-corrected chi connectivity index (χ4v) is 3.29. The quantitative estimate of drug-likeness (QED) is 0.802. The van der Waals surface area contributed by atoms with Gasteiger partial charge in [-0.3, -0.25) is 9.59 Å². The van der Waals surface area contributed by atoms with Crippen LogP contribution in [0.4, 0.5) is 0 Å². The number of H-pyrrole nitrogens is 1. The van der Waals surface area contributed by atoms with E-state index in [0.29, 0.717) is 30.9 Å². The molecular formula is C13H19N5O2. The average molecular weight is 277 g/mol. The van der Waals surface area contributed by atoms with Gasteiger partial charge in [0.2, 0.25) is 5.91 Å². The van der Waals surface area contributed by atoms with Gasteiger partial charge < -0.3 is 9.80 Å². The molecule has 0 radical (unpaired) electrons. The summed E-state index contributed by atoms with van der Waals surface area (Å²) in [4.78, 5) is 27.8. The van der Waals surface area contributed by atoms with Gasteiger partial charge in [0, 0.05) is 32.1 Å². The van der Waals surface area contributed by atoms with Crippen LogP contribution in [-0.2, 0) is 4.79 Å². The predicted molar refractivity (Wildman–Crippen MR) is 71.0 cm³/mol. The largest absolute Gasteiger partial charge is 0.340 e. The number of rotatable bonds is 1. The Morgan fingerprint density at radius 2 is 1.95 bits per heavy atom. The second kappa shape index (κ2) is 4.57. The van der Waals surface area contributed by atoms with Crippen molar-refractivity contribution in [2.75, 3.05) is 20.1 Å². The van der Waals surface area contributed by atoms with Crippen LogP contribution in [0.15, 0.2) is 0 Å². The smallest absolute Gasteiger partial charge is 0.276 e. The first-order valence-electron chi connectivity index (χ1n) is 6.97. The molecule has 0 bridgehead atoms. The Labute approximate surface area is 117 Å². The summed E-state index contributed by atoms with van der Waals surface area (Å²) in [6.45, 7) is 3.11. The topological polar surface area (TPSA) is 82.2 Å². The molecule has 0 unspecified atom stereocenters. The van der Waals surface area contributed by atoms with Crippen LogP contribution in [0.3, 0.4) is 0 Å². The van der Waals surface area contributed by atoms with Gasteiger partial charge in [0.25, 0.3) is 5.91 Å². The summed E-state index contributed by atoms with van der Waals surface area (Å²) >= 11 is 0. The van der Waals surface area contributed by atoms with Crippen molar-refractivity contribution >= 4 is 11.8 Å². The van der Waals surface area contributed by atoms with Crippen LogP contribution >= 0.6 is 0 Å². The van der Waals surface area contributed by atoms with Crippen molar-refractivity contribution in [2.45, 2.75) is 38.1 Å². The average Bonchev–Trinajstić information content (AvgIpc) is 2.99. The van der Waals surface area contributed by atoms with E-state index >= 15 is 0 Å². The third kappa shape index (κ3) is 1.88. The Morgan fingerprint density at radius 3 is 2.45 bits per heavy atom. The normalized spacial score (nSPS) is 21.8. The van der Waals surface area contributed by atoms with Crippen LogP contribution in [-0.4, -0.2) is 62.7 Å². The number of hydrogen-bond acceptors (Lipinski definition) is 4. The number of piperidine rings is 1. The molecule has 2 aliphatic rings. The zero-order valence-corrected chi connectivity index (χ0v) is 11.8. The van der Waals surface area contributed by atoms with Crippen LogP contribution in [0.25, 0.3) is 0 Å². The highest BCUT2D eigenvalue weighted by atomic mass is 16.2. The lowest BCUT2D eigenvalue weighted by molar-refractivity contribution is -0.130. The van der Waals surface area contributed by atoms with E-state index in [1.165, 1.54) is 0 Å². The van der Waals surface area contributed by atoms with Crippen molar-refractivity contribution in [3.8, 4) is 0 Å². The molecule has 2 fully saturated rings. The van der Waals surface area contributed by atoms with Gasteiger partial charge >= 0.3 is 0 Å². The van der Waals surface area contributed by atoms with Crippen LogP contribution in [0, 0.1) is 6.92 Å². The van der Waals surface area contributed by atoms with Gasteiger partial charge in [-0.2, -0.15) is 15.4 Å². The van der Waals surface area contributed by atoms with Crippen molar-refractivity contribution in [1.29, 1.82) is 0 Å². The minimum absolute atomic E-state index is 0.0350. The molecule has 0 saturated carbocycles. The molecule has 2 saturated heterocycles. The van der Waals surface area contributed by atoms with Gasteiger partial charge in [-0.15, -0.1) is 0 Å².